The Bertz CT molecular complexity index is 733. The Balaban J connectivity index is 1.33. The van der Waals surface area contributed by atoms with E-state index in [9.17, 15) is 14.4 Å². The number of carbonyl (C=O) groups excluding carboxylic acids is 3. The van der Waals surface area contributed by atoms with Gasteiger partial charge in [0.05, 0.1) is 26.2 Å². The van der Waals surface area contributed by atoms with E-state index in [4.69, 9.17) is 4.74 Å². The van der Waals surface area contributed by atoms with E-state index in [0.29, 0.717) is 12.5 Å². The van der Waals surface area contributed by atoms with E-state index in [1.807, 2.05) is 4.90 Å². The molecule has 2 aliphatic heterocycles. The number of hydrogen-bond acceptors (Lipinski definition) is 5. The van der Waals surface area contributed by atoms with Gasteiger partial charge in [-0.1, -0.05) is 18.2 Å². The Kier molecular flexibility index (Phi) is 4.36. The Morgan fingerprint density at radius 3 is 2.85 bits per heavy atom. The fourth-order valence-corrected chi connectivity index (χ4v) is 4.57. The van der Waals surface area contributed by atoms with Crippen molar-refractivity contribution >= 4 is 18.1 Å². The number of carbonyl (C=O) groups is 3. The smallest absolute Gasteiger partial charge is 0.410 e. The number of likely N-dealkylation sites (tertiary alicyclic amines) is 1. The largest absolute Gasteiger partial charge is 0.453 e. The number of amides is 3. The molecule has 146 valence electrons. The molecule has 0 spiro atoms. The molecule has 2 aliphatic carbocycles. The summed E-state index contributed by atoms with van der Waals surface area (Å²) < 4.78 is 9.86. The molecule has 2 heterocycles. The summed E-state index contributed by atoms with van der Waals surface area (Å²) in [6.45, 7) is 3.97. The Morgan fingerprint density at radius 1 is 1.41 bits per heavy atom. The number of allylic oxidation sites excluding steroid dienone is 1. The summed E-state index contributed by atoms with van der Waals surface area (Å²) in [7, 11) is 1.29. The number of methoxy groups -OCH3 is 1. The third-order valence-electron chi connectivity index (χ3n) is 6.21. The lowest BCUT2D eigenvalue weighted by molar-refractivity contribution is -0.128. The lowest BCUT2D eigenvalue weighted by atomic mass is 9.88. The molecule has 4 rings (SSSR count). The monoisotopic (exact) mass is 375 g/mol. The fourth-order valence-electron chi connectivity index (χ4n) is 4.57. The standard InChI is InChI=1S/C19H25N3O5/c1-12(23)21-9-14-7-19(14,11-21)13-3-5-15(6-4-13)22-10-16(27-18(22)25)8-20-17(24)26-2/h3-5,14-16H,6-11H2,1-2H3,(H,20,24)/t14?,15?,16-,19?/m0/s1. The first kappa shape index (κ1) is 17.9. The number of alkyl carbamates (subject to hydrolysis) is 1. The van der Waals surface area contributed by atoms with E-state index in [2.05, 4.69) is 28.3 Å². The Hall–Kier alpha value is -2.51. The quantitative estimate of drug-likeness (QED) is 0.800. The molecule has 0 aromatic heterocycles. The van der Waals surface area contributed by atoms with Crippen LogP contribution >= 0.6 is 0 Å². The van der Waals surface area contributed by atoms with Crippen molar-refractivity contribution in [3.63, 3.8) is 0 Å². The molecule has 0 bridgehead atoms. The lowest BCUT2D eigenvalue weighted by Crippen LogP contribution is -2.38. The van der Waals surface area contributed by atoms with Crippen molar-refractivity contribution in [3.05, 3.63) is 23.8 Å². The number of cyclic esters (lactones) is 1. The van der Waals surface area contributed by atoms with Gasteiger partial charge in [-0.2, -0.15) is 0 Å². The highest BCUT2D eigenvalue weighted by Crippen LogP contribution is 2.63. The first-order valence-corrected chi connectivity index (χ1v) is 9.36. The highest BCUT2D eigenvalue weighted by Gasteiger charge is 2.61. The van der Waals surface area contributed by atoms with Crippen LogP contribution in [0, 0.1) is 11.3 Å². The minimum absolute atomic E-state index is 0.0386. The molecule has 27 heavy (non-hydrogen) atoms. The normalized spacial score (nSPS) is 34.1. The number of fused-ring (bicyclic) bond motifs is 1. The topological polar surface area (TPSA) is 88.2 Å². The molecular formula is C19H25N3O5. The molecule has 1 N–H and O–H groups in total. The number of ether oxygens (including phenoxy) is 2. The van der Waals surface area contributed by atoms with Crippen LogP contribution in [0.4, 0.5) is 9.59 Å². The number of nitrogens with zero attached hydrogens (tertiary/aromatic N) is 2. The molecule has 4 atom stereocenters. The van der Waals surface area contributed by atoms with E-state index in [1.54, 1.807) is 11.8 Å². The van der Waals surface area contributed by atoms with Crippen LogP contribution in [0.1, 0.15) is 19.8 Å². The van der Waals surface area contributed by atoms with Gasteiger partial charge < -0.3 is 19.7 Å². The van der Waals surface area contributed by atoms with Gasteiger partial charge in [-0.15, -0.1) is 0 Å². The summed E-state index contributed by atoms with van der Waals surface area (Å²) in [5, 5.41) is 2.56. The van der Waals surface area contributed by atoms with Gasteiger partial charge in [-0.05, 0) is 24.3 Å². The molecule has 8 heteroatoms. The van der Waals surface area contributed by atoms with Gasteiger partial charge in [0.15, 0.2) is 0 Å². The maximum Gasteiger partial charge on any atom is 0.410 e. The van der Waals surface area contributed by atoms with Crippen LogP contribution in [0.2, 0.25) is 0 Å². The van der Waals surface area contributed by atoms with Gasteiger partial charge >= 0.3 is 12.2 Å². The van der Waals surface area contributed by atoms with Crippen LogP contribution in [0.3, 0.4) is 0 Å². The summed E-state index contributed by atoms with van der Waals surface area (Å²) in [5.41, 5.74) is 1.43. The highest BCUT2D eigenvalue weighted by atomic mass is 16.6. The summed E-state index contributed by atoms with van der Waals surface area (Å²) in [6, 6.07) is -0.0386. The second-order valence-electron chi connectivity index (χ2n) is 7.81. The molecule has 8 nitrogen and oxygen atoms in total. The van der Waals surface area contributed by atoms with E-state index < -0.39 is 6.09 Å². The van der Waals surface area contributed by atoms with Crippen molar-refractivity contribution in [2.24, 2.45) is 11.3 Å². The van der Waals surface area contributed by atoms with Gasteiger partial charge in [-0.3, -0.25) is 9.69 Å². The van der Waals surface area contributed by atoms with Crippen molar-refractivity contribution in [2.45, 2.75) is 31.9 Å². The third kappa shape index (κ3) is 3.17. The number of nitrogens with one attached hydrogen (secondary N) is 1. The van der Waals surface area contributed by atoms with E-state index in [1.165, 1.54) is 12.7 Å². The summed E-state index contributed by atoms with van der Waals surface area (Å²) in [6.07, 6.45) is 7.01. The third-order valence-corrected chi connectivity index (χ3v) is 6.21. The molecule has 3 fully saturated rings. The predicted octanol–water partition coefficient (Wildman–Crippen LogP) is 1.29. The van der Waals surface area contributed by atoms with Crippen LogP contribution in [-0.2, 0) is 14.3 Å². The maximum absolute atomic E-state index is 12.2. The van der Waals surface area contributed by atoms with Crippen molar-refractivity contribution in [1.82, 2.24) is 15.1 Å². The van der Waals surface area contributed by atoms with Crippen LogP contribution < -0.4 is 5.32 Å². The van der Waals surface area contributed by atoms with Crippen molar-refractivity contribution in [1.29, 1.82) is 0 Å². The minimum Gasteiger partial charge on any atom is -0.453 e. The van der Waals surface area contributed by atoms with E-state index in [-0.39, 0.29) is 36.1 Å². The second kappa shape index (κ2) is 6.58. The van der Waals surface area contributed by atoms with Crippen LogP contribution in [0.25, 0.3) is 0 Å². The zero-order valence-corrected chi connectivity index (χ0v) is 15.6. The first-order valence-electron chi connectivity index (χ1n) is 9.36. The van der Waals surface area contributed by atoms with Crippen LogP contribution in [-0.4, -0.2) is 73.3 Å². The number of piperidine rings is 1. The predicted molar refractivity (Wildman–Crippen MR) is 95.8 cm³/mol. The summed E-state index contributed by atoms with van der Waals surface area (Å²) in [4.78, 5) is 38.6. The highest BCUT2D eigenvalue weighted by molar-refractivity contribution is 5.74. The average Bonchev–Trinajstić information content (AvgIpc) is 3.03. The van der Waals surface area contributed by atoms with Gasteiger partial charge in [0.25, 0.3) is 0 Å². The molecular weight excluding hydrogens is 350 g/mol. The SMILES string of the molecule is COC(=O)NC[C@H]1CN(C2C=CC(C34CC3CN(C(C)=O)C4)=CC2)C(=O)O1. The van der Waals surface area contributed by atoms with Crippen LogP contribution in [0.5, 0.6) is 0 Å². The van der Waals surface area contributed by atoms with E-state index in [0.717, 1.165) is 25.9 Å². The van der Waals surface area contributed by atoms with Gasteiger partial charge in [0, 0.05) is 25.4 Å². The Labute approximate surface area is 158 Å². The first-order chi connectivity index (χ1) is 12.9. The Morgan fingerprint density at radius 2 is 2.22 bits per heavy atom. The lowest BCUT2D eigenvalue weighted by Gasteiger charge is -2.27. The zero-order valence-electron chi connectivity index (χ0n) is 15.6. The summed E-state index contributed by atoms with van der Waals surface area (Å²) in [5.74, 6) is 0.714. The minimum atomic E-state index is -0.538. The molecule has 3 unspecified atom stereocenters. The van der Waals surface area contributed by atoms with Crippen molar-refractivity contribution in [3.8, 4) is 0 Å². The average molecular weight is 375 g/mol. The van der Waals surface area contributed by atoms with Gasteiger partial charge in [0.1, 0.15) is 6.10 Å². The van der Waals surface area contributed by atoms with Crippen molar-refractivity contribution < 1.29 is 23.9 Å². The fraction of sp³-hybridized carbons (Fsp3) is 0.632. The summed E-state index contributed by atoms with van der Waals surface area (Å²) >= 11 is 0. The number of rotatable bonds is 4. The van der Waals surface area contributed by atoms with Crippen LogP contribution in [0.15, 0.2) is 23.8 Å². The zero-order chi connectivity index (χ0) is 19.2. The van der Waals surface area contributed by atoms with Gasteiger partial charge in [0.2, 0.25) is 5.91 Å². The van der Waals surface area contributed by atoms with Gasteiger partial charge in [-0.25, -0.2) is 9.59 Å². The van der Waals surface area contributed by atoms with E-state index >= 15 is 0 Å². The van der Waals surface area contributed by atoms with Crippen molar-refractivity contribution in [2.75, 3.05) is 33.3 Å². The maximum atomic E-state index is 12.2. The molecule has 0 radical (unpaired) electrons. The number of hydrogen-bond donors (Lipinski definition) is 1. The molecule has 4 aliphatic rings. The molecule has 1 saturated carbocycles. The molecule has 3 amide bonds. The second-order valence-corrected chi connectivity index (χ2v) is 7.81. The molecule has 2 saturated heterocycles. The molecule has 0 aromatic carbocycles. The molecule has 0 aromatic rings.